The van der Waals surface area contributed by atoms with Gasteiger partial charge in [-0.3, -0.25) is 9.36 Å². The molecule has 0 aliphatic carbocycles. The Kier molecular flexibility index (Phi) is 5.62. The monoisotopic (exact) mass is 451 g/mol. The number of amides is 1. The number of carbonyl (C=O) groups excluding carboxylic acids is 1. The molecule has 1 N–H and O–H groups in total. The number of hydrogen-bond donors (Lipinski definition) is 1. The van der Waals surface area contributed by atoms with Crippen molar-refractivity contribution in [2.24, 2.45) is 0 Å². The maximum atomic E-state index is 12.5. The predicted octanol–water partition coefficient (Wildman–Crippen LogP) is 5.28. The van der Waals surface area contributed by atoms with Gasteiger partial charge in [0.2, 0.25) is 11.7 Å². The number of para-hydroxylation sites is 2. The molecular formula is C25H17N5O2S. The summed E-state index contributed by atoms with van der Waals surface area (Å²) in [6.07, 6.45) is 0. The van der Waals surface area contributed by atoms with Crippen molar-refractivity contribution in [3.8, 4) is 23.3 Å². The van der Waals surface area contributed by atoms with Crippen LogP contribution in [-0.4, -0.2) is 26.4 Å². The van der Waals surface area contributed by atoms with Crippen LogP contribution in [0.1, 0.15) is 5.56 Å². The summed E-state index contributed by atoms with van der Waals surface area (Å²) in [7, 11) is 0. The molecule has 1 amide bonds. The van der Waals surface area contributed by atoms with Crippen molar-refractivity contribution >= 4 is 34.3 Å². The third kappa shape index (κ3) is 4.35. The predicted molar refractivity (Wildman–Crippen MR) is 127 cm³/mol. The first-order chi connectivity index (χ1) is 16.2. The van der Waals surface area contributed by atoms with E-state index in [1.165, 1.54) is 11.8 Å². The van der Waals surface area contributed by atoms with Gasteiger partial charge in [0.15, 0.2) is 10.9 Å². The van der Waals surface area contributed by atoms with E-state index in [9.17, 15) is 4.79 Å². The summed E-state index contributed by atoms with van der Waals surface area (Å²) in [5, 5.41) is 22.0. The average molecular weight is 452 g/mol. The van der Waals surface area contributed by atoms with Gasteiger partial charge >= 0.3 is 0 Å². The van der Waals surface area contributed by atoms with Gasteiger partial charge in [-0.15, -0.1) is 10.2 Å². The molecule has 3 aromatic carbocycles. The van der Waals surface area contributed by atoms with Crippen LogP contribution in [0.4, 0.5) is 5.69 Å². The van der Waals surface area contributed by atoms with Gasteiger partial charge < -0.3 is 9.73 Å². The van der Waals surface area contributed by atoms with Crippen LogP contribution in [0.5, 0.6) is 0 Å². The number of nitriles is 1. The molecule has 33 heavy (non-hydrogen) atoms. The maximum absolute atomic E-state index is 12.5. The van der Waals surface area contributed by atoms with Crippen molar-refractivity contribution < 1.29 is 9.21 Å². The van der Waals surface area contributed by atoms with Gasteiger partial charge in [0, 0.05) is 16.8 Å². The number of furan rings is 1. The highest BCUT2D eigenvalue weighted by Crippen LogP contribution is 2.31. The zero-order valence-corrected chi connectivity index (χ0v) is 18.1. The number of nitrogens with one attached hydrogen (secondary N) is 1. The molecule has 5 rings (SSSR count). The number of fused-ring (bicyclic) bond motifs is 1. The fourth-order valence-electron chi connectivity index (χ4n) is 3.38. The van der Waals surface area contributed by atoms with E-state index in [4.69, 9.17) is 9.68 Å². The zero-order chi connectivity index (χ0) is 22.6. The van der Waals surface area contributed by atoms with Crippen LogP contribution in [0.2, 0.25) is 0 Å². The lowest BCUT2D eigenvalue weighted by Gasteiger charge is -2.09. The number of benzene rings is 3. The Bertz CT molecular complexity index is 1430. The molecule has 7 nitrogen and oxygen atoms in total. The highest BCUT2D eigenvalue weighted by Gasteiger charge is 2.20. The standard InChI is InChI=1S/C25H17N5O2S/c26-15-17-10-12-19(13-11-17)27-23(31)16-33-25-29-28-24(30(25)20-7-2-1-3-8-20)22-14-18-6-4-5-9-21(18)32-22/h1-14H,16H2,(H,27,31). The Balaban J connectivity index is 1.41. The minimum absolute atomic E-state index is 0.144. The Morgan fingerprint density at radius 1 is 1.00 bits per heavy atom. The Labute approximate surface area is 193 Å². The topological polar surface area (TPSA) is 96.7 Å². The van der Waals surface area contributed by atoms with E-state index < -0.39 is 0 Å². The summed E-state index contributed by atoms with van der Waals surface area (Å²) in [5.74, 6) is 1.12. The first-order valence-corrected chi connectivity index (χ1v) is 11.1. The number of thioether (sulfide) groups is 1. The van der Waals surface area contributed by atoms with Crippen molar-refractivity contribution in [2.75, 3.05) is 11.1 Å². The Hall–Kier alpha value is -4.35. The smallest absolute Gasteiger partial charge is 0.234 e. The highest BCUT2D eigenvalue weighted by atomic mass is 32.2. The number of anilines is 1. The molecule has 0 bridgehead atoms. The highest BCUT2D eigenvalue weighted by molar-refractivity contribution is 7.99. The van der Waals surface area contributed by atoms with Gasteiger partial charge in [0.25, 0.3) is 0 Å². The molecule has 0 aliphatic heterocycles. The van der Waals surface area contributed by atoms with Crippen molar-refractivity contribution in [1.29, 1.82) is 5.26 Å². The van der Waals surface area contributed by atoms with Crippen LogP contribution < -0.4 is 5.32 Å². The molecule has 0 radical (unpaired) electrons. The molecule has 8 heteroatoms. The summed E-state index contributed by atoms with van der Waals surface area (Å²) in [5.41, 5.74) is 2.81. The summed E-state index contributed by atoms with van der Waals surface area (Å²) in [6, 6.07) is 28.2. The number of aromatic nitrogens is 3. The molecule has 5 aromatic rings. The van der Waals surface area contributed by atoms with E-state index in [1.54, 1.807) is 24.3 Å². The molecule has 0 fully saturated rings. The normalized spacial score (nSPS) is 10.8. The minimum Gasteiger partial charge on any atom is -0.453 e. The van der Waals surface area contributed by atoms with Crippen molar-refractivity contribution in [1.82, 2.24) is 14.8 Å². The van der Waals surface area contributed by atoms with E-state index in [-0.39, 0.29) is 11.7 Å². The van der Waals surface area contributed by atoms with Gasteiger partial charge in [-0.1, -0.05) is 48.2 Å². The zero-order valence-electron chi connectivity index (χ0n) is 17.3. The molecule has 0 aliphatic rings. The molecule has 160 valence electrons. The van der Waals surface area contributed by atoms with Gasteiger partial charge in [-0.05, 0) is 48.5 Å². The second kappa shape index (κ2) is 9.02. The maximum Gasteiger partial charge on any atom is 0.234 e. The Morgan fingerprint density at radius 2 is 1.76 bits per heavy atom. The van der Waals surface area contributed by atoms with Crippen LogP contribution >= 0.6 is 11.8 Å². The van der Waals surface area contributed by atoms with Crippen molar-refractivity contribution in [2.45, 2.75) is 5.16 Å². The summed E-state index contributed by atoms with van der Waals surface area (Å²) in [6.45, 7) is 0. The van der Waals surface area contributed by atoms with E-state index in [1.807, 2.05) is 65.2 Å². The first-order valence-electron chi connectivity index (χ1n) is 10.1. The molecular weight excluding hydrogens is 434 g/mol. The molecule has 0 saturated heterocycles. The number of carbonyl (C=O) groups is 1. The third-order valence-corrected chi connectivity index (χ3v) is 5.85. The van der Waals surface area contributed by atoms with Crippen molar-refractivity contribution in [3.63, 3.8) is 0 Å². The van der Waals surface area contributed by atoms with E-state index >= 15 is 0 Å². The average Bonchev–Trinajstić information content (AvgIpc) is 3.48. The fraction of sp³-hybridized carbons (Fsp3) is 0.0400. The quantitative estimate of drug-likeness (QED) is 0.353. The molecule has 2 aromatic heterocycles. The van der Waals surface area contributed by atoms with Crippen LogP contribution in [-0.2, 0) is 4.79 Å². The lowest BCUT2D eigenvalue weighted by Crippen LogP contribution is -2.14. The van der Waals surface area contributed by atoms with Crippen LogP contribution in [0.25, 0.3) is 28.2 Å². The molecule has 0 atom stereocenters. The van der Waals surface area contributed by atoms with Crippen LogP contribution in [0, 0.1) is 11.3 Å². The SMILES string of the molecule is N#Cc1ccc(NC(=O)CSc2nnc(-c3cc4ccccc4o3)n2-c2ccccc2)cc1. The molecule has 0 saturated carbocycles. The molecule has 0 unspecified atom stereocenters. The second-order valence-corrected chi connectivity index (χ2v) is 8.09. The lowest BCUT2D eigenvalue weighted by atomic mass is 10.2. The second-order valence-electron chi connectivity index (χ2n) is 7.15. The van der Waals surface area contributed by atoms with Crippen LogP contribution in [0.3, 0.4) is 0 Å². The van der Waals surface area contributed by atoms with Gasteiger partial charge in [0.05, 0.1) is 17.4 Å². The van der Waals surface area contributed by atoms with Gasteiger partial charge in [-0.25, -0.2) is 0 Å². The van der Waals surface area contributed by atoms with E-state index in [0.29, 0.717) is 28.0 Å². The molecule has 0 spiro atoms. The third-order valence-electron chi connectivity index (χ3n) is 4.92. The minimum atomic E-state index is -0.183. The summed E-state index contributed by atoms with van der Waals surface area (Å²) < 4.78 is 7.90. The summed E-state index contributed by atoms with van der Waals surface area (Å²) >= 11 is 1.28. The molecule has 2 heterocycles. The first kappa shape index (κ1) is 20.5. The van der Waals surface area contributed by atoms with E-state index in [2.05, 4.69) is 21.6 Å². The Morgan fingerprint density at radius 3 is 2.52 bits per heavy atom. The summed E-state index contributed by atoms with van der Waals surface area (Å²) in [4.78, 5) is 12.5. The van der Waals surface area contributed by atoms with E-state index in [0.717, 1.165) is 16.7 Å². The number of rotatable bonds is 6. The lowest BCUT2D eigenvalue weighted by molar-refractivity contribution is -0.113. The number of hydrogen-bond acceptors (Lipinski definition) is 6. The fourth-order valence-corrected chi connectivity index (χ4v) is 4.13. The largest absolute Gasteiger partial charge is 0.453 e. The van der Waals surface area contributed by atoms with Gasteiger partial charge in [-0.2, -0.15) is 5.26 Å². The number of nitrogens with zero attached hydrogens (tertiary/aromatic N) is 4. The van der Waals surface area contributed by atoms with Gasteiger partial charge in [0.1, 0.15) is 5.58 Å². The van der Waals surface area contributed by atoms with Crippen molar-refractivity contribution in [3.05, 3.63) is 90.5 Å². The van der Waals surface area contributed by atoms with Crippen LogP contribution in [0.15, 0.2) is 94.5 Å².